The molecule has 0 spiro atoms. The summed E-state index contributed by atoms with van der Waals surface area (Å²) in [6.07, 6.45) is 11.5. The summed E-state index contributed by atoms with van der Waals surface area (Å²) in [5.41, 5.74) is 8.54. The van der Waals surface area contributed by atoms with Crippen molar-refractivity contribution in [3.05, 3.63) is 23.4 Å². The number of aromatic nitrogens is 1. The maximum Gasteiger partial charge on any atom is 0.129 e. The first-order valence-corrected chi connectivity index (χ1v) is 8.34. The Morgan fingerprint density at radius 1 is 1.10 bits per heavy atom. The first kappa shape index (κ1) is 13.9. The highest BCUT2D eigenvalue weighted by molar-refractivity contribution is 5.44. The van der Waals surface area contributed by atoms with Gasteiger partial charge in [-0.3, -0.25) is 0 Å². The van der Waals surface area contributed by atoms with Crippen LogP contribution < -0.4 is 10.6 Å². The minimum Gasteiger partial charge on any atom is -0.354 e. The van der Waals surface area contributed by atoms with Gasteiger partial charge in [-0.2, -0.15) is 0 Å². The molecule has 0 aromatic carbocycles. The largest absolute Gasteiger partial charge is 0.354 e. The van der Waals surface area contributed by atoms with E-state index in [1.165, 1.54) is 68.4 Å². The molecule has 0 unspecified atom stereocenters. The van der Waals surface area contributed by atoms with Crippen LogP contribution >= 0.6 is 0 Å². The highest BCUT2D eigenvalue weighted by Crippen LogP contribution is 2.29. The van der Waals surface area contributed by atoms with Crippen LogP contribution in [0.5, 0.6) is 0 Å². The van der Waals surface area contributed by atoms with Gasteiger partial charge in [-0.25, -0.2) is 4.98 Å². The van der Waals surface area contributed by atoms with Gasteiger partial charge in [-0.05, 0) is 56.7 Å². The normalized spacial score (nSPS) is 19.1. The average molecular weight is 273 g/mol. The lowest BCUT2D eigenvalue weighted by molar-refractivity contribution is 0.411. The Labute approximate surface area is 122 Å². The summed E-state index contributed by atoms with van der Waals surface area (Å²) in [7, 11) is 0. The van der Waals surface area contributed by atoms with Crippen molar-refractivity contribution < 1.29 is 0 Å². The summed E-state index contributed by atoms with van der Waals surface area (Å²) >= 11 is 0. The van der Waals surface area contributed by atoms with Crippen molar-refractivity contribution in [2.45, 2.75) is 63.8 Å². The van der Waals surface area contributed by atoms with Gasteiger partial charge in [-0.15, -0.1) is 0 Å². The van der Waals surface area contributed by atoms with E-state index >= 15 is 0 Å². The van der Waals surface area contributed by atoms with Crippen molar-refractivity contribution in [2.75, 3.05) is 18.0 Å². The highest BCUT2D eigenvalue weighted by atomic mass is 15.2. The van der Waals surface area contributed by atoms with E-state index < -0.39 is 0 Å². The van der Waals surface area contributed by atoms with Crippen LogP contribution in [-0.4, -0.2) is 24.1 Å². The molecule has 0 aliphatic heterocycles. The third kappa shape index (κ3) is 2.98. The van der Waals surface area contributed by atoms with Gasteiger partial charge in [0.25, 0.3) is 0 Å². The molecule has 20 heavy (non-hydrogen) atoms. The average Bonchev–Trinajstić information content (AvgIpc) is 2.96. The van der Waals surface area contributed by atoms with Crippen molar-refractivity contribution in [3.8, 4) is 0 Å². The molecule has 3 heteroatoms. The molecule has 2 aliphatic rings. The first-order valence-electron chi connectivity index (χ1n) is 8.34. The number of pyridine rings is 1. The topological polar surface area (TPSA) is 42.1 Å². The molecular weight excluding hydrogens is 246 g/mol. The van der Waals surface area contributed by atoms with E-state index in [9.17, 15) is 0 Å². The van der Waals surface area contributed by atoms with E-state index in [0.29, 0.717) is 6.04 Å². The molecule has 0 amide bonds. The number of fused-ring (bicyclic) bond motifs is 1. The van der Waals surface area contributed by atoms with Gasteiger partial charge < -0.3 is 10.6 Å². The zero-order valence-corrected chi connectivity index (χ0v) is 12.5. The van der Waals surface area contributed by atoms with Gasteiger partial charge in [0.2, 0.25) is 0 Å². The van der Waals surface area contributed by atoms with Gasteiger partial charge >= 0.3 is 0 Å². The molecule has 0 atom stereocenters. The van der Waals surface area contributed by atoms with Crippen LogP contribution in [0.15, 0.2) is 12.1 Å². The first-order chi connectivity index (χ1) is 9.88. The minimum absolute atomic E-state index is 0.683. The van der Waals surface area contributed by atoms with Crippen molar-refractivity contribution in [3.63, 3.8) is 0 Å². The lowest BCUT2D eigenvalue weighted by atomic mass is 9.94. The molecule has 1 fully saturated rings. The van der Waals surface area contributed by atoms with E-state index in [4.69, 9.17) is 10.7 Å². The summed E-state index contributed by atoms with van der Waals surface area (Å²) < 4.78 is 0. The zero-order valence-electron chi connectivity index (χ0n) is 12.5. The second kappa shape index (κ2) is 6.57. The minimum atomic E-state index is 0.683. The Hall–Kier alpha value is -1.09. The predicted molar refractivity (Wildman–Crippen MR) is 84.2 cm³/mol. The van der Waals surface area contributed by atoms with Crippen LogP contribution in [-0.2, 0) is 12.8 Å². The summed E-state index contributed by atoms with van der Waals surface area (Å²) in [6.45, 7) is 1.83. The molecule has 110 valence electrons. The fourth-order valence-corrected chi connectivity index (χ4v) is 3.71. The number of rotatable bonds is 5. The summed E-state index contributed by atoms with van der Waals surface area (Å²) in [4.78, 5) is 7.51. The van der Waals surface area contributed by atoms with Crippen molar-refractivity contribution >= 4 is 5.82 Å². The smallest absolute Gasteiger partial charge is 0.129 e. The van der Waals surface area contributed by atoms with E-state index in [1.54, 1.807) is 0 Å². The van der Waals surface area contributed by atoms with Crippen LogP contribution in [0.2, 0.25) is 0 Å². The van der Waals surface area contributed by atoms with Crippen molar-refractivity contribution in [2.24, 2.45) is 5.73 Å². The van der Waals surface area contributed by atoms with Gasteiger partial charge in [0.05, 0.1) is 0 Å². The van der Waals surface area contributed by atoms with Crippen molar-refractivity contribution in [1.82, 2.24) is 4.98 Å². The molecule has 1 aromatic rings. The third-order valence-electron chi connectivity index (χ3n) is 4.83. The van der Waals surface area contributed by atoms with E-state index in [2.05, 4.69) is 17.0 Å². The maximum atomic E-state index is 5.73. The van der Waals surface area contributed by atoms with Gasteiger partial charge in [0.15, 0.2) is 0 Å². The Kier molecular flexibility index (Phi) is 4.56. The number of nitrogens with two attached hydrogens (primary N) is 1. The number of aryl methyl sites for hydroxylation is 2. The molecule has 0 radical (unpaired) electrons. The number of anilines is 1. The standard InChI is InChI=1S/C17H27N3/c18-12-5-13-20(15-7-2-1-3-8-15)17-11-10-14-6-4-9-16(14)19-17/h10-11,15H,1-9,12-13,18H2. The third-order valence-corrected chi connectivity index (χ3v) is 4.83. The summed E-state index contributed by atoms with van der Waals surface area (Å²) in [5.74, 6) is 1.20. The molecule has 1 aromatic heterocycles. The van der Waals surface area contributed by atoms with Crippen LogP contribution in [0.3, 0.4) is 0 Å². The van der Waals surface area contributed by atoms with Gasteiger partial charge in [0, 0.05) is 18.3 Å². The molecule has 2 aliphatic carbocycles. The molecule has 0 saturated heterocycles. The van der Waals surface area contributed by atoms with E-state index in [-0.39, 0.29) is 0 Å². The van der Waals surface area contributed by atoms with Crippen LogP contribution in [0.1, 0.15) is 56.2 Å². The number of nitrogens with zero attached hydrogens (tertiary/aromatic N) is 2. The maximum absolute atomic E-state index is 5.73. The molecule has 0 bridgehead atoms. The number of hydrogen-bond donors (Lipinski definition) is 1. The summed E-state index contributed by atoms with van der Waals surface area (Å²) in [5, 5.41) is 0. The Bertz CT molecular complexity index is 438. The van der Waals surface area contributed by atoms with E-state index in [0.717, 1.165) is 19.5 Å². The monoisotopic (exact) mass is 273 g/mol. The fraction of sp³-hybridized carbons (Fsp3) is 0.706. The molecular formula is C17H27N3. The molecule has 3 nitrogen and oxygen atoms in total. The van der Waals surface area contributed by atoms with Gasteiger partial charge in [-0.1, -0.05) is 25.3 Å². The van der Waals surface area contributed by atoms with Crippen LogP contribution in [0, 0.1) is 0 Å². The van der Waals surface area contributed by atoms with E-state index in [1.807, 2.05) is 0 Å². The Balaban J connectivity index is 1.80. The number of hydrogen-bond acceptors (Lipinski definition) is 3. The lowest BCUT2D eigenvalue weighted by Gasteiger charge is -2.35. The van der Waals surface area contributed by atoms with Crippen LogP contribution in [0.25, 0.3) is 0 Å². The molecule has 1 heterocycles. The predicted octanol–water partition coefficient (Wildman–Crippen LogP) is 3.06. The quantitative estimate of drug-likeness (QED) is 0.896. The van der Waals surface area contributed by atoms with Crippen LogP contribution in [0.4, 0.5) is 5.82 Å². The Morgan fingerprint density at radius 2 is 1.95 bits per heavy atom. The SMILES string of the molecule is NCCCN(c1ccc2c(n1)CCC2)C1CCCCC1. The second-order valence-electron chi connectivity index (χ2n) is 6.26. The lowest BCUT2D eigenvalue weighted by Crippen LogP contribution is -2.39. The molecule has 2 N–H and O–H groups in total. The highest BCUT2D eigenvalue weighted by Gasteiger charge is 2.23. The molecule has 3 rings (SSSR count). The second-order valence-corrected chi connectivity index (χ2v) is 6.26. The van der Waals surface area contributed by atoms with Crippen molar-refractivity contribution in [1.29, 1.82) is 0 Å². The van der Waals surface area contributed by atoms with Gasteiger partial charge in [0.1, 0.15) is 5.82 Å². The fourth-order valence-electron chi connectivity index (χ4n) is 3.71. The Morgan fingerprint density at radius 3 is 2.75 bits per heavy atom. The zero-order chi connectivity index (χ0) is 13.8. The summed E-state index contributed by atoms with van der Waals surface area (Å²) in [6, 6.07) is 5.24. The molecule has 1 saturated carbocycles.